The summed E-state index contributed by atoms with van der Waals surface area (Å²) < 4.78 is 6.47. The van der Waals surface area contributed by atoms with Crippen LogP contribution in [0.2, 0.25) is 0 Å². The second-order valence-corrected chi connectivity index (χ2v) is 7.15. The topological polar surface area (TPSA) is 79.5 Å². The van der Waals surface area contributed by atoms with Gasteiger partial charge >= 0.3 is 6.03 Å². The van der Waals surface area contributed by atoms with E-state index in [0.29, 0.717) is 13.2 Å². The molecule has 1 saturated heterocycles. The lowest BCUT2D eigenvalue weighted by atomic mass is 9.82. The van der Waals surface area contributed by atoms with Crippen molar-refractivity contribution in [1.29, 1.82) is 0 Å². The third-order valence-electron chi connectivity index (χ3n) is 3.98. The number of benzene rings is 1. The van der Waals surface area contributed by atoms with E-state index in [1.165, 1.54) is 0 Å². The van der Waals surface area contributed by atoms with Gasteiger partial charge < -0.3 is 10.1 Å². The molecule has 0 bridgehead atoms. The second-order valence-electron chi connectivity index (χ2n) is 6.23. The SMILES string of the molecule is CC(C)NC(=O)NC(=O)CNC1(c2cccc(Br)c2)CCOCC1. The van der Waals surface area contributed by atoms with Gasteiger partial charge in [-0.05, 0) is 44.4 Å². The summed E-state index contributed by atoms with van der Waals surface area (Å²) in [6, 6.07) is 7.57. The number of nitrogens with one attached hydrogen (secondary N) is 3. The number of urea groups is 1. The molecule has 6 nitrogen and oxygen atoms in total. The molecule has 1 fully saturated rings. The number of amides is 3. The maximum atomic E-state index is 12.0. The molecule has 3 amide bonds. The zero-order valence-corrected chi connectivity index (χ0v) is 15.6. The quantitative estimate of drug-likeness (QED) is 0.711. The first-order valence-corrected chi connectivity index (χ1v) is 8.90. The normalized spacial score (nSPS) is 16.7. The predicted octanol–water partition coefficient (Wildman–Crippen LogP) is 2.28. The van der Waals surface area contributed by atoms with Crippen LogP contribution in [-0.4, -0.2) is 37.7 Å². The molecule has 1 aromatic carbocycles. The van der Waals surface area contributed by atoms with Gasteiger partial charge in [-0.2, -0.15) is 0 Å². The summed E-state index contributed by atoms with van der Waals surface area (Å²) in [5.41, 5.74) is 0.785. The molecule has 0 spiro atoms. The molecular formula is C17H24BrN3O3. The van der Waals surface area contributed by atoms with Gasteiger partial charge in [-0.1, -0.05) is 28.1 Å². The van der Waals surface area contributed by atoms with Crippen LogP contribution in [0.3, 0.4) is 0 Å². The van der Waals surface area contributed by atoms with Crippen LogP contribution in [-0.2, 0) is 15.1 Å². The van der Waals surface area contributed by atoms with E-state index in [2.05, 4.69) is 37.9 Å². The second kappa shape index (κ2) is 8.60. The molecule has 1 aliphatic heterocycles. The maximum absolute atomic E-state index is 12.0. The fraction of sp³-hybridized carbons (Fsp3) is 0.529. The third-order valence-corrected chi connectivity index (χ3v) is 4.48. The number of ether oxygens (including phenoxy) is 1. The summed E-state index contributed by atoms with van der Waals surface area (Å²) in [5, 5.41) is 8.32. The predicted molar refractivity (Wildman–Crippen MR) is 95.7 cm³/mol. The summed E-state index contributed by atoms with van der Waals surface area (Å²) >= 11 is 3.50. The first kappa shape index (κ1) is 18.9. The maximum Gasteiger partial charge on any atom is 0.321 e. The van der Waals surface area contributed by atoms with Crippen LogP contribution in [0.25, 0.3) is 0 Å². The Bertz CT molecular complexity index is 586. The zero-order chi connectivity index (χ0) is 17.6. The first-order chi connectivity index (χ1) is 11.4. The van der Waals surface area contributed by atoms with Crippen LogP contribution in [0, 0.1) is 0 Å². The number of carbonyl (C=O) groups excluding carboxylic acids is 2. The van der Waals surface area contributed by atoms with Gasteiger partial charge in [-0.25, -0.2) is 4.79 Å². The van der Waals surface area contributed by atoms with Gasteiger partial charge in [0.05, 0.1) is 6.54 Å². The molecule has 132 valence electrons. The van der Waals surface area contributed by atoms with Crippen LogP contribution in [0.15, 0.2) is 28.7 Å². The van der Waals surface area contributed by atoms with Crippen molar-refractivity contribution >= 4 is 27.9 Å². The molecule has 1 heterocycles. The highest BCUT2D eigenvalue weighted by Crippen LogP contribution is 2.33. The fourth-order valence-electron chi connectivity index (χ4n) is 2.79. The van der Waals surface area contributed by atoms with Gasteiger partial charge in [0, 0.05) is 29.3 Å². The van der Waals surface area contributed by atoms with Crippen LogP contribution in [0.5, 0.6) is 0 Å². The van der Waals surface area contributed by atoms with Crippen molar-refractivity contribution in [3.8, 4) is 0 Å². The van der Waals surface area contributed by atoms with Crippen molar-refractivity contribution in [2.75, 3.05) is 19.8 Å². The molecule has 0 aliphatic carbocycles. The Morgan fingerprint density at radius 2 is 2.00 bits per heavy atom. The fourth-order valence-corrected chi connectivity index (χ4v) is 3.19. The molecule has 0 saturated carbocycles. The van der Waals surface area contributed by atoms with Gasteiger partial charge in [0.15, 0.2) is 0 Å². The van der Waals surface area contributed by atoms with E-state index in [0.717, 1.165) is 22.9 Å². The molecule has 0 atom stereocenters. The van der Waals surface area contributed by atoms with E-state index >= 15 is 0 Å². The number of imide groups is 1. The summed E-state index contributed by atoms with van der Waals surface area (Å²) in [6.45, 7) is 5.02. The van der Waals surface area contributed by atoms with E-state index in [-0.39, 0.29) is 24.0 Å². The number of hydrogen-bond acceptors (Lipinski definition) is 4. The molecule has 7 heteroatoms. The van der Waals surface area contributed by atoms with Crippen molar-refractivity contribution in [2.45, 2.75) is 38.3 Å². The lowest BCUT2D eigenvalue weighted by molar-refractivity contribution is -0.119. The highest BCUT2D eigenvalue weighted by molar-refractivity contribution is 9.10. The number of rotatable bonds is 5. The largest absolute Gasteiger partial charge is 0.381 e. The summed E-state index contributed by atoms with van der Waals surface area (Å²) in [6.07, 6.45) is 1.55. The highest BCUT2D eigenvalue weighted by atomic mass is 79.9. The van der Waals surface area contributed by atoms with Crippen molar-refractivity contribution < 1.29 is 14.3 Å². The van der Waals surface area contributed by atoms with E-state index in [4.69, 9.17) is 4.74 Å². The zero-order valence-electron chi connectivity index (χ0n) is 14.0. The van der Waals surface area contributed by atoms with Crippen LogP contribution >= 0.6 is 15.9 Å². The Morgan fingerprint density at radius 1 is 1.29 bits per heavy atom. The Hall–Kier alpha value is -1.44. The van der Waals surface area contributed by atoms with E-state index in [1.54, 1.807) is 0 Å². The van der Waals surface area contributed by atoms with Crippen molar-refractivity contribution in [3.05, 3.63) is 34.3 Å². The van der Waals surface area contributed by atoms with Gasteiger partial charge in [0.25, 0.3) is 0 Å². The van der Waals surface area contributed by atoms with E-state index in [9.17, 15) is 9.59 Å². The standard InChI is InChI=1S/C17H24BrN3O3/c1-12(2)20-16(23)21-15(22)11-19-17(6-8-24-9-7-17)13-4-3-5-14(18)10-13/h3-5,10,12,19H,6-9,11H2,1-2H3,(H2,20,21,22,23). The minimum absolute atomic E-state index is 0.0192. The summed E-state index contributed by atoms with van der Waals surface area (Å²) in [4.78, 5) is 23.7. The molecule has 0 aromatic heterocycles. The monoisotopic (exact) mass is 397 g/mol. The van der Waals surface area contributed by atoms with Gasteiger partial charge in [0.1, 0.15) is 0 Å². The molecule has 2 rings (SSSR count). The third kappa shape index (κ3) is 5.29. The van der Waals surface area contributed by atoms with Crippen LogP contribution in [0.1, 0.15) is 32.3 Å². The first-order valence-electron chi connectivity index (χ1n) is 8.10. The van der Waals surface area contributed by atoms with Crippen molar-refractivity contribution in [2.24, 2.45) is 0 Å². The smallest absolute Gasteiger partial charge is 0.321 e. The molecule has 0 radical (unpaired) electrons. The van der Waals surface area contributed by atoms with Gasteiger partial charge in [-0.3, -0.25) is 15.4 Å². The number of hydrogen-bond donors (Lipinski definition) is 3. The average molecular weight is 398 g/mol. The van der Waals surface area contributed by atoms with Crippen LogP contribution < -0.4 is 16.0 Å². The minimum Gasteiger partial charge on any atom is -0.381 e. The Labute approximate surface area is 150 Å². The Balaban J connectivity index is 2.02. The lowest BCUT2D eigenvalue weighted by Gasteiger charge is -2.38. The highest BCUT2D eigenvalue weighted by Gasteiger charge is 2.34. The van der Waals surface area contributed by atoms with Crippen molar-refractivity contribution in [3.63, 3.8) is 0 Å². The van der Waals surface area contributed by atoms with Gasteiger partial charge in [0.2, 0.25) is 5.91 Å². The molecular weight excluding hydrogens is 374 g/mol. The van der Waals surface area contributed by atoms with E-state index in [1.807, 2.05) is 32.0 Å². The summed E-state index contributed by atoms with van der Waals surface area (Å²) in [7, 11) is 0. The molecule has 3 N–H and O–H groups in total. The number of halogens is 1. The van der Waals surface area contributed by atoms with Gasteiger partial charge in [-0.15, -0.1) is 0 Å². The van der Waals surface area contributed by atoms with Crippen LogP contribution in [0.4, 0.5) is 4.79 Å². The molecule has 0 unspecified atom stereocenters. The molecule has 24 heavy (non-hydrogen) atoms. The van der Waals surface area contributed by atoms with E-state index < -0.39 is 6.03 Å². The summed E-state index contributed by atoms with van der Waals surface area (Å²) in [5.74, 6) is -0.353. The molecule has 1 aliphatic rings. The average Bonchev–Trinajstić information content (AvgIpc) is 2.53. The Kier molecular flexibility index (Phi) is 6.77. The lowest BCUT2D eigenvalue weighted by Crippen LogP contribution is -2.52. The Morgan fingerprint density at radius 3 is 2.62 bits per heavy atom. The molecule has 1 aromatic rings. The minimum atomic E-state index is -0.472. The van der Waals surface area contributed by atoms with Crippen molar-refractivity contribution in [1.82, 2.24) is 16.0 Å². The number of carbonyl (C=O) groups is 2.